The van der Waals surface area contributed by atoms with E-state index in [4.69, 9.17) is 4.74 Å². The highest BCUT2D eigenvalue weighted by Crippen LogP contribution is 2.15. The number of carbonyl (C=O) groups is 2. The van der Waals surface area contributed by atoms with Crippen molar-refractivity contribution < 1.29 is 19.4 Å². The smallest absolute Gasteiger partial charge is 0.255 e. The standard InChI is InChI=1S/C18H29N3O4S/c1-21(13-25-14-26)20-17(23)11-5-3-2-4-8-12-19-18(24)15-9-6-7-10-16(15)22/h6-7,9-10,22,26H,2-5,8,11-14H2,1H3,(H,19,24)(H,20,23). The zero-order valence-electron chi connectivity index (χ0n) is 15.2. The molecule has 0 spiro atoms. The van der Waals surface area contributed by atoms with Gasteiger partial charge in [0.2, 0.25) is 5.91 Å². The molecule has 0 aliphatic rings. The Balaban J connectivity index is 2.00. The van der Waals surface area contributed by atoms with Gasteiger partial charge in [0.15, 0.2) is 0 Å². The van der Waals surface area contributed by atoms with Gasteiger partial charge < -0.3 is 15.2 Å². The van der Waals surface area contributed by atoms with Crippen LogP contribution < -0.4 is 10.7 Å². The van der Waals surface area contributed by atoms with Crippen LogP contribution in [0.1, 0.15) is 48.9 Å². The maximum Gasteiger partial charge on any atom is 0.255 e. The molecule has 26 heavy (non-hydrogen) atoms. The molecule has 0 unspecified atom stereocenters. The molecule has 1 rings (SSSR count). The number of amides is 2. The first kappa shape index (κ1) is 22.3. The number of rotatable bonds is 13. The van der Waals surface area contributed by atoms with Gasteiger partial charge >= 0.3 is 0 Å². The van der Waals surface area contributed by atoms with Crippen LogP contribution in [0, 0.1) is 0 Å². The summed E-state index contributed by atoms with van der Waals surface area (Å²) in [5, 5.41) is 14.0. The van der Waals surface area contributed by atoms with Crippen molar-refractivity contribution in [1.29, 1.82) is 0 Å². The number of benzene rings is 1. The molecular formula is C18H29N3O4S. The topological polar surface area (TPSA) is 90.9 Å². The van der Waals surface area contributed by atoms with E-state index in [1.807, 2.05) is 0 Å². The number of unbranched alkanes of at least 4 members (excludes halogenated alkanes) is 4. The van der Waals surface area contributed by atoms with Crippen molar-refractivity contribution in [3.05, 3.63) is 29.8 Å². The summed E-state index contributed by atoms with van der Waals surface area (Å²) < 4.78 is 5.06. The number of carbonyl (C=O) groups excluding carboxylic acids is 2. The fourth-order valence-corrected chi connectivity index (χ4v) is 2.46. The molecule has 0 fully saturated rings. The number of para-hydroxylation sites is 1. The molecule has 0 saturated heterocycles. The molecule has 0 radical (unpaired) electrons. The van der Waals surface area contributed by atoms with Crippen LogP contribution in [-0.2, 0) is 9.53 Å². The fraction of sp³-hybridized carbons (Fsp3) is 0.556. The Morgan fingerprint density at radius 2 is 1.85 bits per heavy atom. The zero-order valence-corrected chi connectivity index (χ0v) is 16.1. The molecule has 0 heterocycles. The summed E-state index contributed by atoms with van der Waals surface area (Å²) in [6, 6.07) is 6.49. The predicted octanol–water partition coefficient (Wildman–Crippen LogP) is 2.29. The number of hydrogen-bond donors (Lipinski definition) is 4. The lowest BCUT2D eigenvalue weighted by molar-refractivity contribution is -0.127. The number of nitrogens with one attached hydrogen (secondary N) is 2. The van der Waals surface area contributed by atoms with Crippen LogP contribution in [0.4, 0.5) is 0 Å². The van der Waals surface area contributed by atoms with E-state index in [0.29, 0.717) is 31.2 Å². The third-order valence-electron chi connectivity index (χ3n) is 3.71. The number of aromatic hydroxyl groups is 1. The Morgan fingerprint density at radius 1 is 1.15 bits per heavy atom. The van der Waals surface area contributed by atoms with E-state index in [2.05, 4.69) is 23.4 Å². The molecule has 146 valence electrons. The number of ether oxygens (including phenoxy) is 1. The second-order valence-electron chi connectivity index (χ2n) is 5.99. The highest BCUT2D eigenvalue weighted by molar-refractivity contribution is 7.80. The van der Waals surface area contributed by atoms with Gasteiger partial charge in [-0.15, -0.1) is 0 Å². The lowest BCUT2D eigenvalue weighted by Crippen LogP contribution is -2.40. The van der Waals surface area contributed by atoms with Crippen LogP contribution in [0.3, 0.4) is 0 Å². The molecule has 0 saturated carbocycles. The van der Waals surface area contributed by atoms with Crippen LogP contribution in [0.2, 0.25) is 0 Å². The van der Waals surface area contributed by atoms with Crippen molar-refractivity contribution >= 4 is 24.4 Å². The first-order chi connectivity index (χ1) is 12.5. The van der Waals surface area contributed by atoms with Crippen molar-refractivity contribution in [3.63, 3.8) is 0 Å². The van der Waals surface area contributed by atoms with E-state index in [0.717, 1.165) is 32.1 Å². The van der Waals surface area contributed by atoms with Gasteiger partial charge in [0, 0.05) is 20.0 Å². The van der Waals surface area contributed by atoms with Gasteiger partial charge in [0.25, 0.3) is 5.91 Å². The van der Waals surface area contributed by atoms with Gasteiger partial charge in [-0.1, -0.05) is 31.4 Å². The summed E-state index contributed by atoms with van der Waals surface area (Å²) in [7, 11) is 1.74. The molecule has 1 aromatic carbocycles. The second-order valence-corrected chi connectivity index (χ2v) is 6.24. The average molecular weight is 384 g/mol. The Hall–Kier alpha value is -1.77. The monoisotopic (exact) mass is 383 g/mol. The molecule has 0 aliphatic heterocycles. The molecule has 0 bridgehead atoms. The van der Waals surface area contributed by atoms with Crippen LogP contribution in [0.25, 0.3) is 0 Å². The first-order valence-electron chi connectivity index (χ1n) is 8.80. The highest BCUT2D eigenvalue weighted by atomic mass is 32.1. The summed E-state index contributed by atoms with van der Waals surface area (Å²) in [5.74, 6) is 0.0229. The number of phenols is 1. The maximum absolute atomic E-state index is 11.9. The van der Waals surface area contributed by atoms with Gasteiger partial charge in [0.05, 0.1) is 11.5 Å². The van der Waals surface area contributed by atoms with Crippen molar-refractivity contribution in [1.82, 2.24) is 15.8 Å². The molecule has 2 amide bonds. The Bertz CT molecular complexity index is 557. The van der Waals surface area contributed by atoms with Crippen molar-refractivity contribution in [2.75, 3.05) is 26.3 Å². The van der Waals surface area contributed by atoms with Crippen LogP contribution in [0.5, 0.6) is 5.75 Å². The fourth-order valence-electron chi connectivity index (χ4n) is 2.38. The minimum Gasteiger partial charge on any atom is -0.507 e. The number of phenolic OH excluding ortho intramolecular Hbond substituents is 1. The summed E-state index contributed by atoms with van der Waals surface area (Å²) in [6.07, 6.45) is 5.15. The van der Waals surface area contributed by atoms with Gasteiger partial charge in [-0.05, 0) is 25.0 Å². The molecule has 0 aromatic heterocycles. The van der Waals surface area contributed by atoms with E-state index in [1.54, 1.807) is 30.3 Å². The van der Waals surface area contributed by atoms with E-state index in [9.17, 15) is 14.7 Å². The molecule has 3 N–H and O–H groups in total. The quantitative estimate of drug-likeness (QED) is 0.182. The molecule has 0 atom stereocenters. The van der Waals surface area contributed by atoms with Crippen LogP contribution >= 0.6 is 12.6 Å². The van der Waals surface area contributed by atoms with Gasteiger partial charge in [-0.25, -0.2) is 0 Å². The van der Waals surface area contributed by atoms with E-state index < -0.39 is 0 Å². The third kappa shape index (κ3) is 9.65. The summed E-state index contributed by atoms with van der Waals surface area (Å²) in [4.78, 5) is 23.6. The maximum atomic E-state index is 11.9. The van der Waals surface area contributed by atoms with Crippen molar-refractivity contribution in [2.45, 2.75) is 38.5 Å². The number of nitrogens with zero attached hydrogens (tertiary/aromatic N) is 1. The second kappa shape index (κ2) is 13.4. The number of hydrazine groups is 1. The molecule has 7 nitrogen and oxygen atoms in total. The Kier molecular flexibility index (Phi) is 11.5. The van der Waals surface area contributed by atoms with Gasteiger partial charge in [-0.3, -0.25) is 15.0 Å². The molecular weight excluding hydrogens is 354 g/mol. The normalized spacial score (nSPS) is 10.7. The lowest BCUT2D eigenvalue weighted by atomic mass is 10.1. The Morgan fingerprint density at radius 3 is 2.58 bits per heavy atom. The number of thiol groups is 1. The minimum atomic E-state index is -0.259. The predicted molar refractivity (Wildman–Crippen MR) is 104 cm³/mol. The zero-order chi connectivity index (χ0) is 19.2. The lowest BCUT2D eigenvalue weighted by Gasteiger charge is -2.17. The minimum absolute atomic E-state index is 0.00824. The SMILES string of the molecule is CN(COCS)NC(=O)CCCCCCCNC(=O)c1ccccc1O. The van der Waals surface area contributed by atoms with Crippen molar-refractivity contribution in [3.8, 4) is 5.75 Å². The van der Waals surface area contributed by atoms with Gasteiger partial charge in [0.1, 0.15) is 12.5 Å². The summed E-state index contributed by atoms with van der Waals surface area (Å²) in [6.45, 7) is 0.880. The molecule has 0 aliphatic carbocycles. The van der Waals surface area contributed by atoms with E-state index >= 15 is 0 Å². The largest absolute Gasteiger partial charge is 0.507 e. The summed E-state index contributed by atoms with van der Waals surface area (Å²) in [5.41, 5.74) is 3.02. The third-order valence-corrected chi connectivity index (χ3v) is 3.89. The highest BCUT2D eigenvalue weighted by Gasteiger charge is 2.09. The van der Waals surface area contributed by atoms with Crippen LogP contribution in [-0.4, -0.2) is 48.2 Å². The van der Waals surface area contributed by atoms with Crippen LogP contribution in [0.15, 0.2) is 24.3 Å². The first-order valence-corrected chi connectivity index (χ1v) is 9.43. The molecule has 8 heteroatoms. The van der Waals surface area contributed by atoms with E-state index in [1.165, 1.54) is 6.07 Å². The molecule has 1 aromatic rings. The van der Waals surface area contributed by atoms with Crippen molar-refractivity contribution in [2.24, 2.45) is 0 Å². The average Bonchev–Trinajstić information content (AvgIpc) is 2.62. The summed E-state index contributed by atoms with van der Waals surface area (Å²) >= 11 is 3.93. The van der Waals surface area contributed by atoms with E-state index in [-0.39, 0.29) is 17.6 Å². The Labute approximate surface area is 160 Å². The van der Waals surface area contributed by atoms with Gasteiger partial charge in [-0.2, -0.15) is 17.6 Å². The number of hydrogen-bond acceptors (Lipinski definition) is 6.